The van der Waals surface area contributed by atoms with E-state index in [4.69, 9.17) is 21.6 Å². The fourth-order valence-corrected chi connectivity index (χ4v) is 9.12. The van der Waals surface area contributed by atoms with Gasteiger partial charge in [-0.15, -0.1) is 0 Å². The van der Waals surface area contributed by atoms with Crippen LogP contribution < -0.4 is 4.74 Å². The van der Waals surface area contributed by atoms with Gasteiger partial charge in [0.05, 0.1) is 18.7 Å². The van der Waals surface area contributed by atoms with E-state index in [0.717, 1.165) is 33.0 Å². The van der Waals surface area contributed by atoms with Crippen molar-refractivity contribution in [2.24, 2.45) is 0 Å². The van der Waals surface area contributed by atoms with Crippen LogP contribution in [0, 0.1) is 29.9 Å². The van der Waals surface area contributed by atoms with Gasteiger partial charge in [0.15, 0.2) is 0 Å². The molecule has 0 bridgehead atoms. The van der Waals surface area contributed by atoms with Crippen LogP contribution in [0.25, 0.3) is 0 Å². The largest absolute Gasteiger partial charge is 0.496 e. The molecule has 5 heteroatoms. The van der Waals surface area contributed by atoms with E-state index >= 15 is 0 Å². The van der Waals surface area contributed by atoms with E-state index in [0.29, 0.717) is 41.4 Å². The molecule has 0 aliphatic rings. The number of benzene rings is 8. The standard InChI is InChI=1S/C13H20.C10H11N.C10H14O.C10H14.C9H11Cl.2C9H11F.C9H12/c1-4-5-8-12-9-6-7-10-13(12)11(2)3;1-8(2)10-6-4-3-5-9(10)7-11;1-8(2)9-6-4-5-7-10(9)11-3;1-8(2)10-7-5-4-6-9(10)3;1-7(2)8-5-3-4-6-9(8)10;1-7(2)8-4-3-5-9(10)6-8;1-7(2)8-5-3-4-6-9(8)10;1-8(2)9-6-4-3-5-7-9/h6-7,9-11H,4-5,8H2,1-3H3;3-6,8H,1-2H3;4-8H,1-3H3;4-8H,1-3H3;3*3-7H,1-2H3;3-8H,1-2H3. The number of methoxy groups -OCH3 is 1. The van der Waals surface area contributed by atoms with Gasteiger partial charge in [0, 0.05) is 5.02 Å². The van der Waals surface area contributed by atoms with Crippen LogP contribution >= 0.6 is 11.6 Å². The van der Waals surface area contributed by atoms with Gasteiger partial charge in [0.25, 0.3) is 0 Å². The lowest BCUT2D eigenvalue weighted by Gasteiger charge is -2.11. The van der Waals surface area contributed by atoms with E-state index in [2.05, 4.69) is 202 Å². The van der Waals surface area contributed by atoms with Crippen LogP contribution in [0.5, 0.6) is 5.75 Å². The maximum atomic E-state index is 12.8. The predicted octanol–water partition coefficient (Wildman–Crippen LogP) is 24.9. The van der Waals surface area contributed by atoms with Crippen molar-refractivity contribution in [3.05, 3.63) is 278 Å². The Morgan fingerprint density at radius 3 is 1.21 bits per heavy atom. The molecule has 0 spiro atoms. The van der Waals surface area contributed by atoms with Crippen LogP contribution in [0.3, 0.4) is 0 Å². The van der Waals surface area contributed by atoms with Crippen LogP contribution in [-0.4, -0.2) is 7.11 Å². The zero-order valence-electron chi connectivity index (χ0n) is 54.8. The number of unbranched alkanes of at least 4 members (excludes halogenated alkanes) is 1. The Balaban J connectivity index is 0.000000481. The van der Waals surface area contributed by atoms with Crippen molar-refractivity contribution in [2.45, 2.75) is 191 Å². The molecule has 0 atom stereocenters. The Labute approximate surface area is 515 Å². The summed E-state index contributed by atoms with van der Waals surface area (Å²) in [4.78, 5) is 0. The molecule has 2 nitrogen and oxygen atoms in total. The molecule has 452 valence electrons. The number of hydrogen-bond acceptors (Lipinski definition) is 2. The topological polar surface area (TPSA) is 33.0 Å². The molecule has 0 saturated carbocycles. The van der Waals surface area contributed by atoms with E-state index in [9.17, 15) is 8.78 Å². The number of rotatable bonds is 12. The summed E-state index contributed by atoms with van der Waals surface area (Å²) in [5, 5.41) is 9.59. The molecule has 0 unspecified atom stereocenters. The molecule has 0 fully saturated rings. The summed E-state index contributed by atoms with van der Waals surface area (Å²) in [7, 11) is 1.71. The average Bonchev–Trinajstić information content (AvgIpc) is 3.57. The van der Waals surface area contributed by atoms with Crippen LogP contribution in [-0.2, 0) is 6.42 Å². The summed E-state index contributed by atoms with van der Waals surface area (Å²) in [6.07, 6.45) is 3.83. The average molecular weight is 1160 g/mol. The zero-order valence-corrected chi connectivity index (χ0v) is 55.5. The molecule has 0 aliphatic carbocycles. The molecule has 0 radical (unpaired) electrons. The SMILES string of the molecule is CC(C)c1cccc(F)c1.CC(C)c1ccccc1.CC(C)c1ccccc1C#N.CC(C)c1ccccc1Cl.CC(C)c1ccccc1F.CCCCc1ccccc1C(C)C.COc1ccccc1C(C)C.Cc1ccccc1C(C)C. The molecular weight excluding hydrogens is 1050 g/mol. The van der Waals surface area contributed by atoms with Crippen molar-refractivity contribution in [3.8, 4) is 11.8 Å². The second kappa shape index (κ2) is 42.9. The number of hydrogen-bond donors (Lipinski definition) is 0. The lowest BCUT2D eigenvalue weighted by atomic mass is 9.94. The Bertz CT molecular complexity index is 2900. The van der Waals surface area contributed by atoms with Crippen molar-refractivity contribution in [1.82, 2.24) is 0 Å². The number of nitriles is 1. The summed E-state index contributed by atoms with van der Waals surface area (Å²) in [6, 6.07) is 67.5. The number of halogens is 3. The molecule has 0 aromatic heterocycles. The molecular formula is C79H104ClF2NO. The van der Waals surface area contributed by atoms with Gasteiger partial charge in [0.2, 0.25) is 0 Å². The number of ether oxygens (including phenoxy) is 1. The van der Waals surface area contributed by atoms with Crippen molar-refractivity contribution in [1.29, 1.82) is 5.26 Å². The maximum Gasteiger partial charge on any atom is 0.126 e. The Morgan fingerprint density at radius 1 is 0.417 bits per heavy atom. The third-order valence-corrected chi connectivity index (χ3v) is 14.1. The molecule has 8 aromatic rings. The highest BCUT2D eigenvalue weighted by molar-refractivity contribution is 6.31. The highest BCUT2D eigenvalue weighted by Crippen LogP contribution is 2.26. The number of aryl methyl sites for hydroxylation is 2. The van der Waals surface area contributed by atoms with E-state index in [-0.39, 0.29) is 17.6 Å². The van der Waals surface area contributed by atoms with Gasteiger partial charge in [-0.05, 0) is 159 Å². The Hall–Kier alpha value is -6.80. The van der Waals surface area contributed by atoms with Gasteiger partial charge in [-0.1, -0.05) is 300 Å². The minimum Gasteiger partial charge on any atom is -0.496 e. The van der Waals surface area contributed by atoms with Gasteiger partial charge in [0.1, 0.15) is 17.4 Å². The van der Waals surface area contributed by atoms with Crippen LogP contribution in [0.15, 0.2) is 200 Å². The van der Waals surface area contributed by atoms with E-state index in [1.54, 1.807) is 30.9 Å². The van der Waals surface area contributed by atoms with Crippen molar-refractivity contribution >= 4 is 11.6 Å². The fourth-order valence-electron chi connectivity index (χ4n) is 8.76. The summed E-state index contributed by atoms with van der Waals surface area (Å²) in [5.74, 6) is 4.90. The lowest BCUT2D eigenvalue weighted by Crippen LogP contribution is -1.95. The van der Waals surface area contributed by atoms with Crippen LogP contribution in [0.1, 0.15) is 239 Å². The monoisotopic (exact) mass is 1160 g/mol. The third-order valence-electron chi connectivity index (χ3n) is 13.8. The Morgan fingerprint density at radius 2 is 0.833 bits per heavy atom. The number of nitrogens with zero attached hydrogens (tertiary/aromatic N) is 1. The van der Waals surface area contributed by atoms with Gasteiger partial charge < -0.3 is 4.74 Å². The molecule has 8 rings (SSSR count). The summed E-state index contributed by atoms with van der Waals surface area (Å²) in [6.45, 7) is 38.7. The van der Waals surface area contributed by atoms with Gasteiger partial charge in [-0.3, -0.25) is 0 Å². The second-order valence-corrected chi connectivity index (χ2v) is 23.8. The Kier molecular flexibility index (Phi) is 38.4. The first-order chi connectivity index (χ1) is 39.9. The minimum absolute atomic E-state index is 0.0995. The molecule has 8 aromatic carbocycles. The van der Waals surface area contributed by atoms with E-state index in [1.807, 2.05) is 98.8 Å². The van der Waals surface area contributed by atoms with Crippen molar-refractivity contribution in [3.63, 3.8) is 0 Å². The smallest absolute Gasteiger partial charge is 0.126 e. The molecule has 0 heterocycles. The molecule has 0 saturated heterocycles. The predicted molar refractivity (Wildman–Crippen MR) is 364 cm³/mol. The molecule has 0 N–H and O–H groups in total. The zero-order chi connectivity index (χ0) is 63.1. The van der Waals surface area contributed by atoms with Crippen LogP contribution in [0.2, 0.25) is 5.02 Å². The summed E-state index contributed by atoms with van der Waals surface area (Å²) < 4.78 is 30.6. The fraction of sp³-hybridized carbons (Fsp3) is 0.380. The third kappa shape index (κ3) is 30.1. The number of para-hydroxylation sites is 1. The first kappa shape index (κ1) is 75.2. The second-order valence-electron chi connectivity index (χ2n) is 23.3. The first-order valence-electron chi connectivity index (χ1n) is 30.5. The first-order valence-corrected chi connectivity index (χ1v) is 30.8. The maximum absolute atomic E-state index is 12.8. The summed E-state index contributed by atoms with van der Waals surface area (Å²) in [5.41, 5.74) is 13.6. The quantitative estimate of drug-likeness (QED) is 0.122. The normalized spacial score (nSPS) is 10.3. The highest BCUT2D eigenvalue weighted by atomic mass is 35.5. The molecule has 0 amide bonds. The minimum atomic E-state index is -0.147. The van der Waals surface area contributed by atoms with E-state index < -0.39 is 0 Å². The summed E-state index contributed by atoms with van der Waals surface area (Å²) >= 11 is 5.92. The van der Waals surface area contributed by atoms with Gasteiger partial charge in [-0.25, -0.2) is 8.78 Å². The van der Waals surface area contributed by atoms with Crippen molar-refractivity contribution < 1.29 is 13.5 Å². The van der Waals surface area contributed by atoms with Gasteiger partial charge in [-0.2, -0.15) is 5.26 Å². The van der Waals surface area contributed by atoms with Crippen molar-refractivity contribution in [2.75, 3.05) is 7.11 Å². The van der Waals surface area contributed by atoms with E-state index in [1.165, 1.54) is 64.8 Å². The van der Waals surface area contributed by atoms with Crippen LogP contribution in [0.4, 0.5) is 8.78 Å². The molecule has 0 aliphatic heterocycles. The lowest BCUT2D eigenvalue weighted by molar-refractivity contribution is 0.407. The highest BCUT2D eigenvalue weighted by Gasteiger charge is 2.08. The molecule has 84 heavy (non-hydrogen) atoms. The van der Waals surface area contributed by atoms with Gasteiger partial charge >= 0.3 is 0 Å².